The Hall–Kier alpha value is -0.0400. The first-order valence-electron chi connectivity index (χ1n) is 4.75. The van der Waals surface area contributed by atoms with Crippen LogP contribution < -0.4 is 0 Å². The number of piperidine rings is 3. The van der Waals surface area contributed by atoms with E-state index in [4.69, 9.17) is 0 Å². The Labute approximate surface area is 61.6 Å². The van der Waals surface area contributed by atoms with Gasteiger partial charge in [-0.2, -0.15) is 0 Å². The molecule has 1 heteroatoms. The second-order valence-electron chi connectivity index (χ2n) is 4.92. The summed E-state index contributed by atoms with van der Waals surface area (Å²) >= 11 is 0. The van der Waals surface area contributed by atoms with E-state index in [-0.39, 0.29) is 0 Å². The molecule has 1 spiro atoms. The highest BCUT2D eigenvalue weighted by Gasteiger charge is 2.84. The second-order valence-corrected chi connectivity index (χ2v) is 4.92. The van der Waals surface area contributed by atoms with Crippen LogP contribution in [0.25, 0.3) is 0 Å². The molecule has 0 aromatic carbocycles. The zero-order chi connectivity index (χ0) is 6.40. The Balaban J connectivity index is 1.92. The number of rotatable bonds is 0. The summed E-state index contributed by atoms with van der Waals surface area (Å²) in [6.45, 7) is 1.56. The second kappa shape index (κ2) is 0.989. The maximum Gasteiger partial charge on any atom is 0.116 e. The van der Waals surface area contributed by atoms with Gasteiger partial charge < -0.3 is 4.48 Å². The van der Waals surface area contributed by atoms with Crippen LogP contribution in [0.3, 0.4) is 0 Å². The molecule has 0 saturated carbocycles. The van der Waals surface area contributed by atoms with E-state index in [1.165, 1.54) is 0 Å². The summed E-state index contributed by atoms with van der Waals surface area (Å²) in [6.07, 6.45) is 7.96. The summed E-state index contributed by atoms with van der Waals surface area (Å²) in [5.41, 5.74) is 0.922. The lowest BCUT2D eigenvalue weighted by Gasteiger charge is -2.80. The van der Waals surface area contributed by atoms with Crippen LogP contribution in [0.2, 0.25) is 0 Å². The average molecular weight is 136 g/mol. The fourth-order valence-electron chi connectivity index (χ4n) is 4.78. The highest BCUT2D eigenvalue weighted by molar-refractivity contribution is 5.15. The highest BCUT2D eigenvalue weighted by atomic mass is 15.6. The van der Waals surface area contributed by atoms with Crippen LogP contribution in [-0.4, -0.2) is 28.7 Å². The lowest BCUT2D eigenvalue weighted by atomic mass is 9.55. The van der Waals surface area contributed by atoms with Gasteiger partial charge in [-0.05, 0) is 0 Å². The number of quaternary nitrogens is 1. The van der Waals surface area contributed by atoms with Crippen LogP contribution in [-0.2, 0) is 0 Å². The molecule has 1 nitrogen and oxygen atoms in total. The van der Waals surface area contributed by atoms with Crippen LogP contribution in [0.15, 0.2) is 0 Å². The third kappa shape index (κ3) is 0.209. The van der Waals surface area contributed by atoms with Gasteiger partial charge in [0.2, 0.25) is 0 Å². The van der Waals surface area contributed by atoms with Crippen molar-refractivity contribution in [2.75, 3.05) is 6.54 Å². The normalized spacial score (nSPS) is 74.4. The van der Waals surface area contributed by atoms with Gasteiger partial charge in [-0.1, -0.05) is 0 Å². The molecule has 4 aliphatic rings. The van der Waals surface area contributed by atoms with Gasteiger partial charge in [0.15, 0.2) is 0 Å². The fraction of sp³-hybridized carbons (Fsp3) is 1.00. The Bertz CT molecular complexity index is 207. The molecule has 2 unspecified atom stereocenters. The van der Waals surface area contributed by atoms with E-state index >= 15 is 0 Å². The van der Waals surface area contributed by atoms with Gasteiger partial charge >= 0.3 is 0 Å². The molecule has 4 heterocycles. The largest absolute Gasteiger partial charge is 0.313 e. The minimum atomic E-state index is 0.922. The SMILES string of the molecule is C1CC2CC34CC[N+]23C1C4. The molecular weight excluding hydrogens is 122 g/mol. The van der Waals surface area contributed by atoms with E-state index in [1.54, 1.807) is 43.1 Å². The van der Waals surface area contributed by atoms with Gasteiger partial charge in [-0.25, -0.2) is 0 Å². The van der Waals surface area contributed by atoms with Gasteiger partial charge in [0, 0.05) is 12.8 Å². The van der Waals surface area contributed by atoms with E-state index in [1.807, 2.05) is 0 Å². The average Bonchev–Trinajstić information content (AvgIpc) is 2.12. The Kier molecular flexibility index (Phi) is 0.471. The van der Waals surface area contributed by atoms with Crippen LogP contribution in [0.1, 0.15) is 32.1 Å². The van der Waals surface area contributed by atoms with Crippen LogP contribution in [0.4, 0.5) is 0 Å². The topological polar surface area (TPSA) is 0 Å². The van der Waals surface area contributed by atoms with Gasteiger partial charge in [-0.3, -0.25) is 0 Å². The molecule has 4 rings (SSSR count). The molecule has 0 aliphatic carbocycles. The van der Waals surface area contributed by atoms with E-state index in [0.29, 0.717) is 0 Å². The smallest absolute Gasteiger partial charge is 0.116 e. The van der Waals surface area contributed by atoms with Gasteiger partial charge in [-0.15, -0.1) is 0 Å². The number of hydrogen-bond donors (Lipinski definition) is 0. The first-order valence-corrected chi connectivity index (χ1v) is 4.75. The van der Waals surface area contributed by atoms with Crippen molar-refractivity contribution in [3.63, 3.8) is 0 Å². The molecule has 0 N–H and O–H groups in total. The van der Waals surface area contributed by atoms with Crippen molar-refractivity contribution < 1.29 is 4.48 Å². The molecule has 54 valence electrons. The van der Waals surface area contributed by atoms with Crippen molar-refractivity contribution in [3.05, 3.63) is 0 Å². The summed E-state index contributed by atoms with van der Waals surface area (Å²) in [4.78, 5) is 0. The fourth-order valence-corrected chi connectivity index (χ4v) is 4.78. The van der Waals surface area contributed by atoms with Crippen molar-refractivity contribution in [3.8, 4) is 0 Å². The van der Waals surface area contributed by atoms with E-state index in [2.05, 4.69) is 0 Å². The molecule has 2 atom stereocenters. The van der Waals surface area contributed by atoms with Gasteiger partial charge in [0.1, 0.15) is 5.54 Å². The molecule has 0 aromatic rings. The van der Waals surface area contributed by atoms with Gasteiger partial charge in [0.05, 0.1) is 37.9 Å². The maximum absolute atomic E-state index is 1.65. The zero-order valence-corrected chi connectivity index (χ0v) is 6.34. The van der Waals surface area contributed by atoms with Crippen molar-refractivity contribution in [1.29, 1.82) is 0 Å². The molecule has 0 amide bonds. The van der Waals surface area contributed by atoms with Crippen LogP contribution >= 0.6 is 0 Å². The van der Waals surface area contributed by atoms with E-state index in [0.717, 1.165) is 17.6 Å². The first-order chi connectivity index (χ1) is 4.87. The zero-order valence-electron chi connectivity index (χ0n) is 6.34. The Morgan fingerprint density at radius 3 is 2.10 bits per heavy atom. The van der Waals surface area contributed by atoms with Crippen molar-refractivity contribution in [1.82, 2.24) is 0 Å². The molecule has 0 aromatic heterocycles. The Morgan fingerprint density at radius 2 is 1.80 bits per heavy atom. The lowest BCUT2D eigenvalue weighted by molar-refractivity contribution is -1.13. The monoisotopic (exact) mass is 136 g/mol. The maximum atomic E-state index is 1.65. The molecule has 4 fully saturated rings. The summed E-state index contributed by atoms with van der Waals surface area (Å²) in [5, 5.41) is 0. The molecule has 0 radical (unpaired) electrons. The summed E-state index contributed by atoms with van der Waals surface area (Å²) in [5.74, 6) is 0. The summed E-state index contributed by atoms with van der Waals surface area (Å²) in [6, 6.07) is 2.32. The predicted octanol–water partition coefficient (Wildman–Crippen LogP) is 1.28. The van der Waals surface area contributed by atoms with Crippen molar-refractivity contribution >= 4 is 0 Å². The van der Waals surface area contributed by atoms with Crippen molar-refractivity contribution in [2.45, 2.75) is 49.7 Å². The minimum Gasteiger partial charge on any atom is -0.313 e. The lowest BCUT2D eigenvalue weighted by Crippen LogP contribution is -2.94. The quantitative estimate of drug-likeness (QED) is 0.440. The highest BCUT2D eigenvalue weighted by Crippen LogP contribution is 2.72. The molecule has 4 saturated heterocycles. The predicted molar refractivity (Wildman–Crippen MR) is 38.5 cm³/mol. The summed E-state index contributed by atoms with van der Waals surface area (Å²) < 4.78 is 1.65. The van der Waals surface area contributed by atoms with Crippen LogP contribution in [0, 0.1) is 0 Å². The number of nitrogens with zero attached hydrogens (tertiary/aromatic N) is 1. The molecule has 10 heavy (non-hydrogen) atoms. The third-order valence-corrected chi connectivity index (χ3v) is 5.20. The molecular formula is C9H14N+. The van der Waals surface area contributed by atoms with Crippen LogP contribution in [0.5, 0.6) is 0 Å². The Morgan fingerprint density at radius 1 is 1.10 bits per heavy atom. The first kappa shape index (κ1) is 4.76. The molecule has 0 bridgehead atoms. The van der Waals surface area contributed by atoms with E-state index in [9.17, 15) is 0 Å². The third-order valence-electron chi connectivity index (χ3n) is 5.20. The number of hydrogen-bond acceptors (Lipinski definition) is 0. The van der Waals surface area contributed by atoms with E-state index < -0.39 is 0 Å². The molecule has 4 aliphatic heterocycles. The standard InChI is InChI=1S/C9H14N/c1-2-8-6-9-3-4-10(8,9)7(1)5-9/h7-8H,1-6H2/q+1. The minimum absolute atomic E-state index is 0.922. The van der Waals surface area contributed by atoms with Gasteiger partial charge in [0.25, 0.3) is 0 Å². The van der Waals surface area contributed by atoms with Crippen molar-refractivity contribution in [2.24, 2.45) is 0 Å². The summed E-state index contributed by atoms with van der Waals surface area (Å²) in [7, 11) is 0.